The Morgan fingerprint density at radius 2 is 2.28 bits per heavy atom. The largest absolute Gasteiger partial charge is 0.417 e. The van der Waals surface area contributed by atoms with Crippen molar-refractivity contribution in [3.63, 3.8) is 0 Å². The van der Waals surface area contributed by atoms with Gasteiger partial charge in [0.1, 0.15) is 0 Å². The quantitative estimate of drug-likeness (QED) is 0.718. The second kappa shape index (κ2) is 3.94. The monoisotopic (exact) mass is 250 g/mol. The van der Waals surface area contributed by atoms with E-state index in [1.165, 1.54) is 0 Å². The molecule has 96 valence electrons. The number of aliphatic hydroxyl groups excluding tert-OH is 1. The van der Waals surface area contributed by atoms with Crippen LogP contribution in [0.4, 0.5) is 0 Å². The minimum atomic E-state index is -0.487. The highest BCUT2D eigenvalue weighted by molar-refractivity contribution is 5.72. The number of oxazole rings is 1. The van der Waals surface area contributed by atoms with Crippen molar-refractivity contribution in [2.75, 3.05) is 19.8 Å². The Morgan fingerprint density at radius 3 is 2.89 bits per heavy atom. The molecule has 0 bridgehead atoms. The number of nitrogens with one attached hydrogen (secondary N) is 1. The van der Waals surface area contributed by atoms with Gasteiger partial charge in [-0.3, -0.25) is 4.98 Å². The summed E-state index contributed by atoms with van der Waals surface area (Å²) in [5.74, 6) is -0.487. The van der Waals surface area contributed by atoms with Gasteiger partial charge in [0, 0.05) is 6.04 Å². The Hall–Kier alpha value is -1.63. The van der Waals surface area contributed by atoms with Gasteiger partial charge in [0.25, 0.3) is 0 Å². The Morgan fingerprint density at radius 1 is 1.50 bits per heavy atom. The van der Waals surface area contributed by atoms with Crippen LogP contribution >= 0.6 is 0 Å². The van der Waals surface area contributed by atoms with Crippen LogP contribution in [0, 0.1) is 5.41 Å². The zero-order valence-corrected chi connectivity index (χ0v) is 9.68. The molecule has 6 nitrogen and oxygen atoms in total. The van der Waals surface area contributed by atoms with E-state index in [9.17, 15) is 9.90 Å². The maximum atomic E-state index is 11.1. The highest BCUT2D eigenvalue weighted by Crippen LogP contribution is 2.39. The Balaban J connectivity index is 2.00. The van der Waals surface area contributed by atoms with Crippen LogP contribution in [-0.4, -0.2) is 29.9 Å². The average Bonchev–Trinajstić information content (AvgIpc) is 2.67. The molecule has 1 aromatic heterocycles. The first-order valence-corrected chi connectivity index (χ1v) is 5.72. The van der Waals surface area contributed by atoms with E-state index < -0.39 is 11.2 Å². The predicted octanol–water partition coefficient (Wildman–Crippen LogP) is 0.130. The number of aromatic amines is 1. The Kier molecular flexibility index (Phi) is 2.51. The summed E-state index contributed by atoms with van der Waals surface area (Å²) in [5.41, 5.74) is 7.68. The number of benzene rings is 1. The summed E-state index contributed by atoms with van der Waals surface area (Å²) in [5, 5.41) is 9.45. The van der Waals surface area contributed by atoms with Crippen molar-refractivity contribution >= 4 is 11.1 Å². The molecule has 1 atom stereocenters. The second-order valence-electron chi connectivity index (χ2n) is 4.76. The fourth-order valence-electron chi connectivity index (χ4n) is 2.24. The molecule has 0 aliphatic carbocycles. The van der Waals surface area contributed by atoms with Gasteiger partial charge in [-0.1, -0.05) is 6.07 Å². The number of rotatable bonds is 3. The minimum absolute atomic E-state index is 0.0245. The summed E-state index contributed by atoms with van der Waals surface area (Å²) in [6.45, 7) is 0.864. The summed E-state index contributed by atoms with van der Waals surface area (Å²) in [6, 6.07) is 4.96. The highest BCUT2D eigenvalue weighted by Gasteiger charge is 2.44. The van der Waals surface area contributed by atoms with Crippen LogP contribution in [0.15, 0.2) is 27.4 Å². The molecule has 6 heteroatoms. The average molecular weight is 250 g/mol. The maximum absolute atomic E-state index is 11.1. The van der Waals surface area contributed by atoms with Crippen LogP contribution in [0.5, 0.6) is 0 Å². The molecule has 0 spiro atoms. The van der Waals surface area contributed by atoms with Gasteiger partial charge in [-0.25, -0.2) is 4.79 Å². The van der Waals surface area contributed by atoms with Crippen molar-refractivity contribution in [3.05, 3.63) is 34.3 Å². The molecule has 1 fully saturated rings. The van der Waals surface area contributed by atoms with E-state index in [0.29, 0.717) is 24.3 Å². The number of ether oxygens (including phenoxy) is 1. The number of hydrogen-bond donors (Lipinski definition) is 3. The number of aliphatic hydroxyl groups is 1. The first-order valence-electron chi connectivity index (χ1n) is 5.72. The van der Waals surface area contributed by atoms with Crippen LogP contribution < -0.4 is 11.5 Å². The van der Waals surface area contributed by atoms with Crippen molar-refractivity contribution in [2.45, 2.75) is 6.04 Å². The van der Waals surface area contributed by atoms with E-state index in [0.717, 1.165) is 5.56 Å². The molecule has 0 saturated carbocycles. The predicted molar refractivity (Wildman–Crippen MR) is 64.1 cm³/mol. The van der Waals surface area contributed by atoms with Crippen molar-refractivity contribution in [1.29, 1.82) is 0 Å². The first-order chi connectivity index (χ1) is 8.64. The lowest BCUT2D eigenvalue weighted by Crippen LogP contribution is -2.52. The molecule has 0 amide bonds. The van der Waals surface area contributed by atoms with Crippen LogP contribution in [0.1, 0.15) is 11.6 Å². The summed E-state index contributed by atoms with van der Waals surface area (Å²) >= 11 is 0. The van der Waals surface area contributed by atoms with E-state index in [4.69, 9.17) is 14.9 Å². The molecule has 1 aliphatic heterocycles. The third kappa shape index (κ3) is 1.58. The third-order valence-corrected chi connectivity index (χ3v) is 3.56. The maximum Gasteiger partial charge on any atom is 0.417 e. The lowest BCUT2D eigenvalue weighted by atomic mass is 9.76. The summed E-state index contributed by atoms with van der Waals surface area (Å²) in [7, 11) is 0. The molecule has 4 N–H and O–H groups in total. The minimum Gasteiger partial charge on any atom is -0.408 e. The summed E-state index contributed by atoms with van der Waals surface area (Å²) in [4.78, 5) is 13.6. The van der Waals surface area contributed by atoms with Gasteiger partial charge in [0.2, 0.25) is 0 Å². The molecule has 1 unspecified atom stereocenters. The molecular weight excluding hydrogens is 236 g/mol. The molecular formula is C12H14N2O4. The number of hydrogen-bond acceptors (Lipinski definition) is 5. The topological polar surface area (TPSA) is 101 Å². The number of nitrogens with two attached hydrogens (primary N) is 1. The van der Waals surface area contributed by atoms with E-state index in [1.54, 1.807) is 12.1 Å². The van der Waals surface area contributed by atoms with Gasteiger partial charge < -0.3 is 20.0 Å². The smallest absolute Gasteiger partial charge is 0.408 e. The molecule has 1 aromatic carbocycles. The highest BCUT2D eigenvalue weighted by atomic mass is 16.5. The summed E-state index contributed by atoms with van der Waals surface area (Å²) in [6.07, 6.45) is 0. The van der Waals surface area contributed by atoms with E-state index in [2.05, 4.69) is 4.98 Å². The lowest BCUT2D eigenvalue weighted by molar-refractivity contribution is -0.150. The van der Waals surface area contributed by atoms with Crippen molar-refractivity contribution in [3.8, 4) is 0 Å². The second-order valence-corrected chi connectivity index (χ2v) is 4.76. The SMILES string of the molecule is NC(c1ccc2[nH]c(=O)oc2c1)C1(CO)COC1. The molecule has 2 aromatic rings. The van der Waals surface area contributed by atoms with Crippen LogP contribution in [0.25, 0.3) is 11.1 Å². The van der Waals surface area contributed by atoms with Gasteiger partial charge in [-0.05, 0) is 17.7 Å². The molecule has 18 heavy (non-hydrogen) atoms. The van der Waals surface area contributed by atoms with Crippen molar-refractivity contribution in [2.24, 2.45) is 11.1 Å². The molecule has 3 rings (SSSR count). The van der Waals surface area contributed by atoms with Crippen molar-refractivity contribution in [1.82, 2.24) is 4.98 Å². The fraction of sp³-hybridized carbons (Fsp3) is 0.417. The van der Waals surface area contributed by atoms with Crippen LogP contribution in [0.2, 0.25) is 0 Å². The number of fused-ring (bicyclic) bond motifs is 1. The standard InChI is InChI=1S/C12H14N2O4/c13-10(12(4-15)5-17-6-12)7-1-2-8-9(3-7)18-11(16)14-8/h1-3,10,15H,4-6,13H2,(H,14,16). The number of H-pyrrole nitrogens is 1. The summed E-state index contributed by atoms with van der Waals surface area (Å²) < 4.78 is 10.1. The molecule has 1 aliphatic rings. The van der Waals surface area contributed by atoms with Gasteiger partial charge in [-0.15, -0.1) is 0 Å². The van der Waals surface area contributed by atoms with Gasteiger partial charge in [0.15, 0.2) is 5.58 Å². The molecule has 2 heterocycles. The van der Waals surface area contributed by atoms with Gasteiger partial charge in [0.05, 0.1) is 30.8 Å². The van der Waals surface area contributed by atoms with E-state index in [1.807, 2.05) is 6.07 Å². The van der Waals surface area contributed by atoms with Crippen LogP contribution in [0.3, 0.4) is 0 Å². The normalized spacial score (nSPS) is 19.7. The first kappa shape index (κ1) is 11.5. The fourth-order valence-corrected chi connectivity index (χ4v) is 2.24. The van der Waals surface area contributed by atoms with E-state index in [-0.39, 0.29) is 12.6 Å². The number of aromatic nitrogens is 1. The van der Waals surface area contributed by atoms with E-state index >= 15 is 0 Å². The Labute approximate surface area is 102 Å². The van der Waals surface area contributed by atoms with Crippen molar-refractivity contribution < 1.29 is 14.3 Å². The zero-order valence-electron chi connectivity index (χ0n) is 9.68. The molecule has 1 saturated heterocycles. The zero-order chi connectivity index (χ0) is 12.8. The third-order valence-electron chi connectivity index (χ3n) is 3.56. The lowest BCUT2D eigenvalue weighted by Gasteiger charge is -2.44. The molecule has 0 radical (unpaired) electrons. The van der Waals surface area contributed by atoms with Gasteiger partial charge in [-0.2, -0.15) is 0 Å². The Bertz CT molecular complexity index is 621. The van der Waals surface area contributed by atoms with Crippen LogP contribution in [-0.2, 0) is 4.74 Å². The van der Waals surface area contributed by atoms with Gasteiger partial charge >= 0.3 is 5.76 Å².